The first-order chi connectivity index (χ1) is 16.6. The van der Waals surface area contributed by atoms with Crippen molar-refractivity contribution in [2.75, 3.05) is 10.2 Å². The quantitative estimate of drug-likeness (QED) is 0.341. The van der Waals surface area contributed by atoms with E-state index in [2.05, 4.69) is 10.6 Å². The molecule has 0 saturated carbocycles. The first kappa shape index (κ1) is 21.8. The summed E-state index contributed by atoms with van der Waals surface area (Å²) in [5, 5.41) is 6.00. The van der Waals surface area contributed by atoms with Gasteiger partial charge >= 0.3 is 6.03 Å². The lowest BCUT2D eigenvalue weighted by molar-refractivity contribution is 0.0941. The third kappa shape index (κ3) is 4.28. The Morgan fingerprint density at radius 1 is 0.735 bits per heavy atom. The van der Waals surface area contributed by atoms with Crippen molar-refractivity contribution in [3.8, 4) is 0 Å². The Hall–Kier alpha value is -4.03. The molecule has 3 amide bonds. The maximum absolute atomic E-state index is 13.6. The summed E-state index contributed by atoms with van der Waals surface area (Å²) in [5.41, 5.74) is 3.49. The molecule has 0 spiro atoms. The van der Waals surface area contributed by atoms with Crippen molar-refractivity contribution in [1.82, 2.24) is 5.32 Å². The van der Waals surface area contributed by atoms with Crippen LogP contribution in [-0.4, -0.2) is 11.9 Å². The van der Waals surface area contributed by atoms with Crippen LogP contribution in [-0.2, 0) is 0 Å². The molecule has 1 aliphatic rings. The maximum Gasteiger partial charge on any atom is 0.331 e. The number of carbonyl (C=O) groups is 2. The van der Waals surface area contributed by atoms with E-state index >= 15 is 0 Å². The molecule has 0 unspecified atom stereocenters. The molecule has 0 aromatic heterocycles. The molecule has 5 nitrogen and oxygen atoms in total. The molecule has 2 N–H and O–H groups in total. The van der Waals surface area contributed by atoms with Crippen LogP contribution in [0.1, 0.15) is 28.9 Å². The van der Waals surface area contributed by atoms with Crippen LogP contribution in [0.3, 0.4) is 0 Å². The monoisotopic (exact) mass is 465 g/mol. The first-order valence-corrected chi connectivity index (χ1v) is 11.9. The number of amides is 3. The number of anilines is 3. The molecule has 0 saturated heterocycles. The van der Waals surface area contributed by atoms with Crippen molar-refractivity contribution in [3.63, 3.8) is 0 Å². The summed E-state index contributed by atoms with van der Waals surface area (Å²) in [6, 6.07) is 32.0. The number of nitrogens with one attached hydrogen (secondary N) is 2. The van der Waals surface area contributed by atoms with E-state index in [0.29, 0.717) is 11.3 Å². The lowest BCUT2D eigenvalue weighted by atomic mass is 10.1. The highest BCUT2D eigenvalue weighted by Crippen LogP contribution is 2.48. The van der Waals surface area contributed by atoms with E-state index in [-0.39, 0.29) is 18.0 Å². The van der Waals surface area contributed by atoms with Crippen LogP contribution in [0.5, 0.6) is 0 Å². The van der Waals surface area contributed by atoms with Gasteiger partial charge in [0.25, 0.3) is 5.91 Å². The average Bonchev–Trinajstić information content (AvgIpc) is 2.88. The summed E-state index contributed by atoms with van der Waals surface area (Å²) < 4.78 is 0. The van der Waals surface area contributed by atoms with E-state index in [9.17, 15) is 9.59 Å². The number of urea groups is 1. The van der Waals surface area contributed by atoms with Gasteiger partial charge in [-0.1, -0.05) is 78.5 Å². The van der Waals surface area contributed by atoms with E-state index in [1.165, 1.54) is 0 Å². The van der Waals surface area contributed by atoms with Crippen molar-refractivity contribution in [1.29, 1.82) is 0 Å². The van der Waals surface area contributed by atoms with Crippen molar-refractivity contribution < 1.29 is 9.59 Å². The molecule has 0 fully saturated rings. The average molecular weight is 466 g/mol. The van der Waals surface area contributed by atoms with Crippen LogP contribution >= 0.6 is 11.8 Å². The SMILES string of the molecule is C[C@@H](NC(=O)c1ccccc1NC(=O)N1c2ccccc2Sc2ccccc21)c1ccccc1. The molecule has 34 heavy (non-hydrogen) atoms. The second kappa shape index (κ2) is 9.45. The third-order valence-corrected chi connectivity index (χ3v) is 6.83. The van der Waals surface area contributed by atoms with E-state index in [1.807, 2.05) is 85.8 Å². The first-order valence-electron chi connectivity index (χ1n) is 11.0. The van der Waals surface area contributed by atoms with Crippen LogP contribution in [0.25, 0.3) is 0 Å². The number of nitrogens with zero attached hydrogens (tertiary/aromatic N) is 1. The Morgan fingerprint density at radius 3 is 1.97 bits per heavy atom. The number of benzene rings is 4. The molecule has 5 rings (SSSR count). The Balaban J connectivity index is 1.42. The van der Waals surface area contributed by atoms with Gasteiger partial charge in [0.05, 0.1) is 28.7 Å². The number of hydrogen-bond donors (Lipinski definition) is 2. The molecule has 168 valence electrons. The second-order valence-electron chi connectivity index (χ2n) is 7.95. The van der Waals surface area contributed by atoms with Crippen LogP contribution in [0.15, 0.2) is 113 Å². The van der Waals surface area contributed by atoms with Gasteiger partial charge in [0, 0.05) is 9.79 Å². The van der Waals surface area contributed by atoms with E-state index in [4.69, 9.17) is 0 Å². The molecule has 0 radical (unpaired) electrons. The largest absolute Gasteiger partial charge is 0.345 e. The molecular formula is C28H23N3O2S. The lowest BCUT2D eigenvalue weighted by Crippen LogP contribution is -2.34. The Labute approximate surface area is 202 Å². The normalized spacial score (nSPS) is 12.8. The number of fused-ring (bicyclic) bond motifs is 2. The van der Waals surface area contributed by atoms with Crippen LogP contribution < -0.4 is 15.5 Å². The Kier molecular flexibility index (Phi) is 6.06. The van der Waals surface area contributed by atoms with Gasteiger partial charge < -0.3 is 10.6 Å². The molecule has 4 aromatic carbocycles. The van der Waals surface area contributed by atoms with Crippen molar-refractivity contribution in [2.24, 2.45) is 0 Å². The summed E-state index contributed by atoms with van der Waals surface area (Å²) in [7, 11) is 0. The molecule has 1 aliphatic heterocycles. The van der Waals surface area contributed by atoms with Crippen LogP contribution in [0, 0.1) is 0 Å². The number of para-hydroxylation sites is 3. The minimum absolute atomic E-state index is 0.171. The molecule has 6 heteroatoms. The molecule has 0 aliphatic carbocycles. The fourth-order valence-corrected chi connectivity index (χ4v) is 5.04. The number of rotatable bonds is 4. The highest BCUT2D eigenvalue weighted by atomic mass is 32.2. The number of carbonyl (C=O) groups excluding carboxylic acids is 2. The fourth-order valence-electron chi connectivity index (χ4n) is 3.98. The zero-order chi connectivity index (χ0) is 23.5. The van der Waals surface area contributed by atoms with Gasteiger partial charge in [-0.15, -0.1) is 0 Å². The third-order valence-electron chi connectivity index (χ3n) is 5.70. The zero-order valence-corrected chi connectivity index (χ0v) is 19.4. The standard InChI is InChI=1S/C28H23N3O2S/c1-19(20-11-3-2-4-12-20)29-27(32)21-13-5-6-14-22(21)30-28(33)31-23-15-7-9-17-25(23)34-26-18-10-8-16-24(26)31/h2-19H,1H3,(H,29,32)(H,30,33)/t19-/m1/s1. The highest BCUT2D eigenvalue weighted by molar-refractivity contribution is 7.99. The highest BCUT2D eigenvalue weighted by Gasteiger charge is 2.28. The van der Waals surface area contributed by atoms with E-state index < -0.39 is 0 Å². The summed E-state index contributed by atoms with van der Waals surface area (Å²) in [4.78, 5) is 30.4. The van der Waals surface area contributed by atoms with Gasteiger partial charge in [0.1, 0.15) is 0 Å². The molecule has 1 heterocycles. The Bertz CT molecular complexity index is 1310. The van der Waals surface area contributed by atoms with Gasteiger partial charge in [-0.3, -0.25) is 9.69 Å². The Morgan fingerprint density at radius 2 is 1.29 bits per heavy atom. The summed E-state index contributed by atoms with van der Waals surface area (Å²) in [5.74, 6) is -0.248. The second-order valence-corrected chi connectivity index (χ2v) is 9.04. The minimum Gasteiger partial charge on any atom is -0.345 e. The van der Waals surface area contributed by atoms with Gasteiger partial charge in [-0.2, -0.15) is 0 Å². The van der Waals surface area contributed by atoms with Crippen molar-refractivity contribution >= 4 is 40.8 Å². The predicted octanol–water partition coefficient (Wildman–Crippen LogP) is 7.01. The number of hydrogen-bond acceptors (Lipinski definition) is 3. The van der Waals surface area contributed by atoms with Gasteiger partial charge in [-0.05, 0) is 48.9 Å². The predicted molar refractivity (Wildman–Crippen MR) is 137 cm³/mol. The van der Waals surface area contributed by atoms with E-state index in [1.54, 1.807) is 40.9 Å². The van der Waals surface area contributed by atoms with Crippen molar-refractivity contribution in [2.45, 2.75) is 22.8 Å². The molecule has 0 bridgehead atoms. The van der Waals surface area contributed by atoms with Gasteiger partial charge in [0.2, 0.25) is 0 Å². The fraction of sp³-hybridized carbons (Fsp3) is 0.0714. The van der Waals surface area contributed by atoms with Crippen LogP contribution in [0.4, 0.5) is 21.9 Å². The van der Waals surface area contributed by atoms with Gasteiger partial charge in [-0.25, -0.2) is 4.79 Å². The smallest absolute Gasteiger partial charge is 0.331 e. The summed E-state index contributed by atoms with van der Waals surface area (Å²) in [6.07, 6.45) is 0. The summed E-state index contributed by atoms with van der Waals surface area (Å²) in [6.45, 7) is 1.94. The topological polar surface area (TPSA) is 61.4 Å². The van der Waals surface area contributed by atoms with Crippen molar-refractivity contribution in [3.05, 3.63) is 114 Å². The maximum atomic E-state index is 13.6. The van der Waals surface area contributed by atoms with Crippen LogP contribution in [0.2, 0.25) is 0 Å². The molecule has 1 atom stereocenters. The molecular weight excluding hydrogens is 442 g/mol. The lowest BCUT2D eigenvalue weighted by Gasteiger charge is -2.31. The van der Waals surface area contributed by atoms with Gasteiger partial charge in [0.15, 0.2) is 0 Å². The van der Waals surface area contributed by atoms with E-state index in [0.717, 1.165) is 26.7 Å². The summed E-state index contributed by atoms with van der Waals surface area (Å²) >= 11 is 1.64. The minimum atomic E-state index is -0.323. The zero-order valence-electron chi connectivity index (χ0n) is 18.6. The molecule has 4 aromatic rings.